The van der Waals surface area contributed by atoms with Crippen molar-refractivity contribution in [3.8, 4) is 22.5 Å². The Labute approximate surface area is 529 Å². The molecule has 0 spiro atoms. The number of nitrogens with two attached hydrogens (primary N) is 2. The number of fused-ring (bicyclic) bond motifs is 9. The molecule has 12 aromatic rings. The number of benzene rings is 3. The number of rotatable bonds is 9. The van der Waals surface area contributed by atoms with E-state index in [4.69, 9.17) is 42.0 Å². The first-order valence-corrected chi connectivity index (χ1v) is 32.0. The van der Waals surface area contributed by atoms with E-state index < -0.39 is 0 Å². The second kappa shape index (κ2) is 28.8. The third-order valence-electron chi connectivity index (χ3n) is 16.0. The molecule has 23 nitrogen and oxygen atoms in total. The number of alkyl halides is 1. The second-order valence-electron chi connectivity index (χ2n) is 21.8. The molecule has 458 valence electrons. The number of halogens is 3. The summed E-state index contributed by atoms with van der Waals surface area (Å²) in [6.07, 6.45) is 18.0. The van der Waals surface area contributed by atoms with Gasteiger partial charge in [-0.15, -0.1) is 0 Å². The van der Waals surface area contributed by atoms with Crippen molar-refractivity contribution in [2.75, 3.05) is 95.7 Å². The monoisotopic (exact) mass is 1340 g/mol. The van der Waals surface area contributed by atoms with Gasteiger partial charge in [-0.05, 0) is 87.9 Å². The summed E-state index contributed by atoms with van der Waals surface area (Å²) in [6.45, 7) is 14.2. The zero-order chi connectivity index (χ0) is 60.3. The molecule has 9 aromatic heterocycles. The van der Waals surface area contributed by atoms with Crippen LogP contribution in [0, 0.1) is 6.92 Å². The molecule has 88 heavy (non-hydrogen) atoms. The topological polar surface area (TPSA) is 274 Å². The zero-order valence-corrected chi connectivity index (χ0v) is 52.8. The molecule has 4 aliphatic heterocycles. The number of ether oxygens (including phenoxy) is 4. The molecule has 0 bridgehead atoms. The van der Waals surface area contributed by atoms with Crippen LogP contribution in [0.15, 0.2) is 114 Å². The van der Waals surface area contributed by atoms with E-state index in [0.717, 1.165) is 209 Å². The van der Waals surface area contributed by atoms with Gasteiger partial charge in [0.1, 0.15) is 28.6 Å². The van der Waals surface area contributed by atoms with Gasteiger partial charge in [-0.1, -0.05) is 73.8 Å². The van der Waals surface area contributed by atoms with Crippen LogP contribution in [-0.2, 0) is 25.5 Å². The molecule has 4 aliphatic rings. The van der Waals surface area contributed by atoms with Gasteiger partial charge in [-0.25, -0.2) is 24.3 Å². The van der Waals surface area contributed by atoms with Crippen molar-refractivity contribution in [2.45, 2.75) is 64.4 Å². The van der Waals surface area contributed by atoms with Crippen LogP contribution in [0.2, 0.25) is 5.15 Å². The van der Waals surface area contributed by atoms with E-state index in [1.165, 1.54) is 18.5 Å². The Kier molecular flexibility index (Phi) is 19.9. The standard InChI is InChI=1S/C19H21N7O.C18H18N6O.C10H5BrClN3.C9H14N2O.C6H12BrNO/c20-19-18-15(12-26(24-18)6-5-25-7-9-27-10-8-25)14-2-1-13(11-17(14)22-19)16-3-4-21-23-16;19-18-17-13(10-20-23-17)12-5-4-11(9-14(12)22-18)15-6-7-21-24(15)16-3-1-2-8-25-16;11-5-1-2-6-7-4-13-15-9(7)10(12)14-8(6)3-5;1-8-5-6-10-11(8)9-4-2-3-7-12-9;7-1-2-8-3-5-9-6-4-8/h1-4,11-12H,5-10H2,(H2,20,22)(H,21,23);4-7,9-10,16H,1-3,8H2,(H2,19,22)(H,20,23);1-4H,(H,13,15);5-6,9H,2-4,7H2,1H3;1-6H2. The van der Waals surface area contributed by atoms with E-state index >= 15 is 0 Å². The minimum atomic E-state index is 0.00355. The van der Waals surface area contributed by atoms with Gasteiger partial charge in [0.25, 0.3) is 0 Å². The van der Waals surface area contributed by atoms with Crippen LogP contribution < -0.4 is 11.5 Å². The maximum atomic E-state index is 6.21. The number of aromatic nitrogens is 15. The lowest BCUT2D eigenvalue weighted by Gasteiger charge is -2.26. The van der Waals surface area contributed by atoms with Crippen molar-refractivity contribution < 1.29 is 18.9 Å². The van der Waals surface area contributed by atoms with E-state index in [-0.39, 0.29) is 12.5 Å². The van der Waals surface area contributed by atoms with E-state index in [9.17, 15) is 0 Å². The molecule has 3 aromatic carbocycles. The van der Waals surface area contributed by atoms with Crippen LogP contribution in [0.3, 0.4) is 0 Å². The van der Waals surface area contributed by atoms with Crippen LogP contribution in [0.25, 0.3) is 87.9 Å². The normalized spacial score (nSPS) is 17.5. The Bertz CT molecular complexity index is 4240. The number of aryl methyl sites for hydroxylation is 1. The summed E-state index contributed by atoms with van der Waals surface area (Å²) in [4.78, 5) is 18.2. The molecule has 2 unspecified atom stereocenters. The van der Waals surface area contributed by atoms with Crippen molar-refractivity contribution in [3.05, 3.63) is 125 Å². The number of hydrogen-bond acceptors (Lipinski definition) is 17. The van der Waals surface area contributed by atoms with Crippen LogP contribution in [0.5, 0.6) is 0 Å². The Balaban J connectivity index is 0.000000113. The number of nitrogen functional groups attached to an aromatic ring is 2. The van der Waals surface area contributed by atoms with Crippen molar-refractivity contribution in [2.24, 2.45) is 0 Å². The van der Waals surface area contributed by atoms with Gasteiger partial charge in [0.15, 0.2) is 17.2 Å². The smallest absolute Gasteiger partial charge is 0.155 e. The van der Waals surface area contributed by atoms with Gasteiger partial charge < -0.3 is 30.4 Å². The fourth-order valence-electron chi connectivity index (χ4n) is 11.4. The van der Waals surface area contributed by atoms with E-state index in [2.05, 4.69) is 146 Å². The lowest BCUT2D eigenvalue weighted by molar-refractivity contribution is -0.0406. The quantitative estimate of drug-likeness (QED) is 0.0663. The SMILES string of the molecule is BrCCN1CCOCC1.Cc1ccnn1C1CCCCO1.Clc1nc2cc(Br)ccc2c2cn[nH]c12.Nc1nc2cc(-c3ccn[nH]3)ccc2c2cn(CCN3CCOCC3)nc12.Nc1nc2cc(-c3ccnn3C3CCCCO3)ccc2c2cn[nH]c12. The largest absolute Gasteiger partial charge is 0.382 e. The molecule has 13 heterocycles. The second-order valence-corrected chi connectivity index (χ2v) is 23.8. The Morgan fingerprint density at radius 1 is 0.580 bits per heavy atom. The first-order valence-electron chi connectivity index (χ1n) is 29.8. The fourth-order valence-corrected chi connectivity index (χ4v) is 12.4. The highest BCUT2D eigenvalue weighted by Crippen LogP contribution is 2.34. The summed E-state index contributed by atoms with van der Waals surface area (Å²) in [7, 11) is 0. The number of nitrogens with one attached hydrogen (secondary N) is 3. The first-order chi connectivity index (χ1) is 43.1. The molecule has 2 atom stereocenters. The summed E-state index contributed by atoms with van der Waals surface area (Å²) in [5, 5.41) is 41.9. The molecule has 0 amide bonds. The third kappa shape index (κ3) is 14.2. The summed E-state index contributed by atoms with van der Waals surface area (Å²) >= 11 is 12.8. The third-order valence-corrected chi connectivity index (χ3v) is 17.1. The molecule has 4 saturated heterocycles. The van der Waals surface area contributed by atoms with E-state index in [1.54, 1.807) is 18.6 Å². The number of H-pyrrole nitrogens is 3. The summed E-state index contributed by atoms with van der Waals surface area (Å²) in [6, 6.07) is 24.3. The maximum Gasteiger partial charge on any atom is 0.155 e. The molecule has 4 fully saturated rings. The number of aromatic amines is 3. The molecule has 7 N–H and O–H groups in total. The molecule has 16 rings (SSSR count). The van der Waals surface area contributed by atoms with Crippen molar-refractivity contribution in [1.29, 1.82) is 0 Å². The molecular weight excluding hydrogens is 1270 g/mol. The molecule has 26 heteroatoms. The fraction of sp³-hybridized carbons (Fsp3) is 0.371. The molecule has 0 radical (unpaired) electrons. The average Bonchev–Trinajstić information content (AvgIpc) is 3.29. The van der Waals surface area contributed by atoms with Gasteiger partial charge in [-0.3, -0.25) is 29.8 Å². The minimum Gasteiger partial charge on any atom is -0.382 e. The van der Waals surface area contributed by atoms with Crippen LogP contribution >= 0.6 is 43.5 Å². The maximum absolute atomic E-state index is 6.21. The van der Waals surface area contributed by atoms with Gasteiger partial charge in [0.2, 0.25) is 0 Å². The lowest BCUT2D eigenvalue weighted by atomic mass is 10.1. The molecule has 0 aliphatic carbocycles. The Morgan fingerprint density at radius 2 is 1.18 bits per heavy atom. The van der Waals surface area contributed by atoms with E-state index in [1.807, 2.05) is 68.9 Å². The Morgan fingerprint density at radius 3 is 1.84 bits per heavy atom. The van der Waals surface area contributed by atoms with Crippen LogP contribution in [0.4, 0.5) is 11.6 Å². The predicted octanol–water partition coefficient (Wildman–Crippen LogP) is 11.3. The number of anilines is 2. The van der Waals surface area contributed by atoms with Gasteiger partial charge >= 0.3 is 0 Å². The number of hydrogen-bond donors (Lipinski definition) is 5. The summed E-state index contributed by atoms with van der Waals surface area (Å²) in [5.74, 6) is 0.922. The molecule has 0 saturated carbocycles. The van der Waals surface area contributed by atoms with Gasteiger partial charge in [-0.2, -0.15) is 30.6 Å². The van der Waals surface area contributed by atoms with Crippen LogP contribution in [0.1, 0.15) is 56.7 Å². The van der Waals surface area contributed by atoms with Crippen molar-refractivity contribution >= 4 is 121 Å². The number of pyridine rings is 3. The average molecular weight is 1340 g/mol. The summed E-state index contributed by atoms with van der Waals surface area (Å²) < 4.78 is 29.0. The Hall–Kier alpha value is -7.46. The van der Waals surface area contributed by atoms with Crippen molar-refractivity contribution in [3.63, 3.8) is 0 Å². The summed E-state index contributed by atoms with van der Waals surface area (Å²) in [5.41, 5.74) is 22.4. The highest BCUT2D eigenvalue weighted by Gasteiger charge is 2.22. The molecular formula is C62H70Br2ClN19O4. The zero-order valence-electron chi connectivity index (χ0n) is 48.9. The van der Waals surface area contributed by atoms with Crippen LogP contribution in [-0.4, -0.2) is 169 Å². The van der Waals surface area contributed by atoms with Crippen molar-refractivity contribution in [1.82, 2.24) is 84.7 Å². The highest BCUT2D eigenvalue weighted by atomic mass is 79.9. The highest BCUT2D eigenvalue weighted by molar-refractivity contribution is 9.10. The van der Waals surface area contributed by atoms with Gasteiger partial charge in [0.05, 0.1) is 73.3 Å². The predicted molar refractivity (Wildman–Crippen MR) is 351 cm³/mol. The van der Waals surface area contributed by atoms with E-state index in [0.29, 0.717) is 16.8 Å². The number of morpholine rings is 2. The lowest BCUT2D eigenvalue weighted by Crippen LogP contribution is -2.38. The first kappa shape index (κ1) is 60.8. The number of nitrogens with zero attached hydrogens (tertiary/aromatic N) is 14. The minimum absolute atomic E-state index is 0.00355. The van der Waals surface area contributed by atoms with Gasteiger partial charge in [0, 0.05) is 136 Å².